The average Bonchev–Trinajstić information content (AvgIpc) is 3.47. The fourth-order valence-corrected chi connectivity index (χ4v) is 5.77. The Bertz CT molecular complexity index is 1030. The summed E-state index contributed by atoms with van der Waals surface area (Å²) < 4.78 is 5.55. The van der Waals surface area contributed by atoms with E-state index < -0.39 is 0 Å². The zero-order valence-corrected chi connectivity index (χ0v) is 20.4. The number of likely N-dealkylation sites (tertiary alicyclic amines) is 1. The van der Waals surface area contributed by atoms with E-state index in [1.807, 2.05) is 4.90 Å². The summed E-state index contributed by atoms with van der Waals surface area (Å²) in [5.41, 5.74) is 2.63. The largest absolute Gasteiger partial charge is 0.449 e. The molecule has 8 heteroatoms. The number of oxazole rings is 1. The third-order valence-corrected chi connectivity index (χ3v) is 7.43. The Morgan fingerprint density at radius 2 is 2.09 bits per heavy atom. The summed E-state index contributed by atoms with van der Waals surface area (Å²) in [6.45, 7) is 11.5. The molecular weight excluding hydrogens is 428 g/mol. The van der Waals surface area contributed by atoms with Gasteiger partial charge in [-0.05, 0) is 50.5 Å². The van der Waals surface area contributed by atoms with Gasteiger partial charge in [0, 0.05) is 49.6 Å². The van der Waals surface area contributed by atoms with Crippen LogP contribution in [0.2, 0.25) is 0 Å². The van der Waals surface area contributed by atoms with Crippen molar-refractivity contribution in [2.75, 3.05) is 36.4 Å². The van der Waals surface area contributed by atoms with Gasteiger partial charge in [-0.2, -0.15) is 4.98 Å². The average molecular weight is 465 g/mol. The Morgan fingerprint density at radius 3 is 2.82 bits per heavy atom. The molecule has 2 aromatic heterocycles. The van der Waals surface area contributed by atoms with E-state index in [2.05, 4.69) is 35.6 Å². The van der Waals surface area contributed by atoms with Crippen LogP contribution in [0.4, 0.5) is 11.8 Å². The van der Waals surface area contributed by atoms with Gasteiger partial charge < -0.3 is 19.5 Å². The van der Waals surface area contributed by atoms with E-state index in [1.54, 1.807) is 12.5 Å². The van der Waals surface area contributed by atoms with Crippen LogP contribution >= 0.6 is 0 Å². The molecule has 0 saturated carbocycles. The van der Waals surface area contributed by atoms with Gasteiger partial charge in [0.25, 0.3) is 0 Å². The highest BCUT2D eigenvalue weighted by atomic mass is 16.3. The Balaban J connectivity index is 1.36. The maximum atomic E-state index is 11.9. The van der Waals surface area contributed by atoms with E-state index in [9.17, 15) is 4.79 Å². The van der Waals surface area contributed by atoms with E-state index in [4.69, 9.17) is 14.4 Å². The minimum atomic E-state index is 0.0304. The number of rotatable bonds is 8. The lowest BCUT2D eigenvalue weighted by Gasteiger charge is -2.47. The summed E-state index contributed by atoms with van der Waals surface area (Å²) in [5, 5.41) is 3.78. The maximum absolute atomic E-state index is 11.9. The Kier molecular flexibility index (Phi) is 6.32. The van der Waals surface area contributed by atoms with Crippen LogP contribution in [0.15, 0.2) is 29.5 Å². The number of aromatic nitrogens is 3. The number of nitrogens with zero attached hydrogens (tertiary/aromatic N) is 5. The highest BCUT2D eigenvalue weighted by Gasteiger charge is 2.49. The van der Waals surface area contributed by atoms with Crippen LogP contribution in [0.1, 0.15) is 56.7 Å². The van der Waals surface area contributed by atoms with Crippen molar-refractivity contribution in [3.63, 3.8) is 0 Å². The SMILES string of the molecule is C=CC(=O)N1CC2(CCN(c3nc4c(c(NC(Cc5ncco5)CC(C)C)n3)CCCC4)C2)C1. The number of amides is 1. The molecule has 0 bridgehead atoms. The standard InChI is InChI=1S/C26H36N6O2/c1-4-23(33)32-16-26(17-32)9-11-31(15-26)25-29-21-8-6-5-7-20(21)24(30-25)28-19(13-18(2)3)14-22-27-10-12-34-22/h4,10,12,18-19H,1,5-9,11,13-17H2,2-3H3,(H,28,29,30). The van der Waals surface area contributed by atoms with Crippen molar-refractivity contribution in [1.29, 1.82) is 0 Å². The number of hydrogen-bond acceptors (Lipinski definition) is 7. The number of carbonyl (C=O) groups is 1. The van der Waals surface area contributed by atoms with Crippen LogP contribution in [0, 0.1) is 11.3 Å². The minimum absolute atomic E-state index is 0.0304. The molecule has 0 radical (unpaired) electrons. The summed E-state index contributed by atoms with van der Waals surface area (Å²) >= 11 is 0. The molecule has 34 heavy (non-hydrogen) atoms. The number of aryl methyl sites for hydroxylation is 1. The quantitative estimate of drug-likeness (QED) is 0.597. The van der Waals surface area contributed by atoms with E-state index in [-0.39, 0.29) is 17.4 Å². The molecule has 1 atom stereocenters. The van der Waals surface area contributed by atoms with Gasteiger partial charge in [-0.3, -0.25) is 4.79 Å². The molecule has 3 aliphatic rings. The molecule has 2 fully saturated rings. The van der Waals surface area contributed by atoms with Crippen LogP contribution in [-0.4, -0.2) is 58.0 Å². The molecule has 2 aliphatic heterocycles. The van der Waals surface area contributed by atoms with Gasteiger partial charge >= 0.3 is 0 Å². The van der Waals surface area contributed by atoms with Gasteiger partial charge in [0.05, 0.1) is 11.9 Å². The van der Waals surface area contributed by atoms with Crippen LogP contribution < -0.4 is 10.2 Å². The first kappa shape index (κ1) is 22.9. The Morgan fingerprint density at radius 1 is 1.26 bits per heavy atom. The molecule has 2 saturated heterocycles. The lowest BCUT2D eigenvalue weighted by molar-refractivity contribution is -0.136. The van der Waals surface area contributed by atoms with Crippen LogP contribution in [-0.2, 0) is 24.1 Å². The van der Waals surface area contributed by atoms with Crippen LogP contribution in [0.25, 0.3) is 0 Å². The third-order valence-electron chi connectivity index (χ3n) is 7.43. The molecule has 1 spiro atoms. The summed E-state index contributed by atoms with van der Waals surface area (Å²) in [4.78, 5) is 30.6. The molecular formula is C26H36N6O2. The molecule has 4 heterocycles. The fourth-order valence-electron chi connectivity index (χ4n) is 5.77. The summed E-state index contributed by atoms with van der Waals surface area (Å²) in [7, 11) is 0. The fraction of sp³-hybridized carbons (Fsp3) is 0.615. The van der Waals surface area contributed by atoms with E-state index in [1.165, 1.54) is 30.2 Å². The number of anilines is 2. The topological polar surface area (TPSA) is 87.4 Å². The zero-order chi connectivity index (χ0) is 23.7. The van der Waals surface area contributed by atoms with Crippen molar-refractivity contribution >= 4 is 17.7 Å². The van der Waals surface area contributed by atoms with E-state index >= 15 is 0 Å². The summed E-state index contributed by atoms with van der Waals surface area (Å²) in [6.07, 6.45) is 12.0. The van der Waals surface area contributed by atoms with Gasteiger partial charge in [-0.25, -0.2) is 9.97 Å². The maximum Gasteiger partial charge on any atom is 0.245 e. The predicted molar refractivity (Wildman–Crippen MR) is 132 cm³/mol. The van der Waals surface area contributed by atoms with E-state index in [0.29, 0.717) is 5.92 Å². The minimum Gasteiger partial charge on any atom is -0.449 e. The van der Waals surface area contributed by atoms with Gasteiger partial charge in [0.15, 0.2) is 5.89 Å². The summed E-state index contributed by atoms with van der Waals surface area (Å²) in [6, 6.07) is 0.197. The van der Waals surface area contributed by atoms with Crippen molar-refractivity contribution < 1.29 is 9.21 Å². The molecule has 182 valence electrons. The molecule has 5 rings (SSSR count). The molecule has 1 unspecified atom stereocenters. The third kappa shape index (κ3) is 4.68. The molecule has 8 nitrogen and oxygen atoms in total. The van der Waals surface area contributed by atoms with Crippen LogP contribution in [0.5, 0.6) is 0 Å². The number of nitrogens with one attached hydrogen (secondary N) is 1. The van der Waals surface area contributed by atoms with Crippen molar-refractivity contribution in [1.82, 2.24) is 19.9 Å². The second kappa shape index (κ2) is 9.39. The molecule has 0 aromatic carbocycles. The molecule has 1 N–H and O–H groups in total. The van der Waals surface area contributed by atoms with Gasteiger partial charge in [0.2, 0.25) is 11.9 Å². The highest BCUT2D eigenvalue weighted by molar-refractivity contribution is 5.87. The second-order valence-electron chi connectivity index (χ2n) is 10.7. The van der Waals surface area contributed by atoms with Crippen LogP contribution in [0.3, 0.4) is 0 Å². The normalized spacial score (nSPS) is 19.7. The van der Waals surface area contributed by atoms with Crippen molar-refractivity contribution in [3.05, 3.63) is 42.3 Å². The Labute approximate surface area is 201 Å². The van der Waals surface area contributed by atoms with E-state index in [0.717, 1.165) is 75.9 Å². The first-order valence-electron chi connectivity index (χ1n) is 12.7. The first-order chi connectivity index (χ1) is 16.4. The van der Waals surface area contributed by atoms with Gasteiger partial charge in [0.1, 0.15) is 12.1 Å². The monoisotopic (exact) mass is 464 g/mol. The Hall–Kier alpha value is -2.90. The highest BCUT2D eigenvalue weighted by Crippen LogP contribution is 2.41. The number of carbonyl (C=O) groups excluding carboxylic acids is 1. The van der Waals surface area contributed by atoms with Crippen molar-refractivity contribution in [3.8, 4) is 0 Å². The zero-order valence-electron chi connectivity index (χ0n) is 20.4. The summed E-state index contributed by atoms with van der Waals surface area (Å²) in [5.74, 6) is 3.14. The lowest BCUT2D eigenvalue weighted by atomic mass is 9.79. The smallest absolute Gasteiger partial charge is 0.245 e. The number of hydrogen-bond donors (Lipinski definition) is 1. The second-order valence-corrected chi connectivity index (χ2v) is 10.7. The van der Waals surface area contributed by atoms with Crippen molar-refractivity contribution in [2.24, 2.45) is 11.3 Å². The lowest BCUT2D eigenvalue weighted by Crippen LogP contribution is -2.59. The van der Waals surface area contributed by atoms with Crippen molar-refractivity contribution in [2.45, 2.75) is 64.8 Å². The van der Waals surface area contributed by atoms with Gasteiger partial charge in [-0.1, -0.05) is 20.4 Å². The first-order valence-corrected chi connectivity index (χ1v) is 12.7. The molecule has 1 aliphatic carbocycles. The number of fused-ring (bicyclic) bond motifs is 1. The molecule has 1 amide bonds. The molecule has 2 aromatic rings. The predicted octanol–water partition coefficient (Wildman–Crippen LogP) is 3.64. The van der Waals surface area contributed by atoms with Gasteiger partial charge in [-0.15, -0.1) is 0 Å².